The molecule has 1 fully saturated rings. The normalized spacial score (nSPS) is 14.8. The third-order valence-corrected chi connectivity index (χ3v) is 4.87. The van der Waals surface area contributed by atoms with E-state index in [0.29, 0.717) is 60.2 Å². The molecule has 2 aromatic rings. The summed E-state index contributed by atoms with van der Waals surface area (Å²) in [4.78, 5) is 25.1. The smallest absolute Gasteiger partial charge is 0.253 e. The van der Waals surface area contributed by atoms with Gasteiger partial charge < -0.3 is 27.0 Å². The number of pyridine rings is 1. The van der Waals surface area contributed by atoms with Crippen LogP contribution in [-0.2, 0) is 0 Å². The van der Waals surface area contributed by atoms with Gasteiger partial charge in [-0.15, -0.1) is 0 Å². The highest BCUT2D eigenvalue weighted by Gasteiger charge is 2.25. The summed E-state index contributed by atoms with van der Waals surface area (Å²) in [5, 5.41) is 0. The number of nitrogens with zero attached hydrogens (tertiary/aromatic N) is 4. The summed E-state index contributed by atoms with van der Waals surface area (Å²) in [6, 6.07) is 12.7. The van der Waals surface area contributed by atoms with E-state index in [2.05, 4.69) is 28.4 Å². The maximum absolute atomic E-state index is 12.8. The van der Waals surface area contributed by atoms with Crippen molar-refractivity contribution in [1.29, 1.82) is 0 Å². The molecule has 6 N–H and O–H groups in total. The number of hydrogen-bond donors (Lipinski definition) is 3. The third kappa shape index (κ3) is 5.67. The van der Waals surface area contributed by atoms with Crippen LogP contribution in [-0.4, -0.2) is 52.7 Å². The molecule has 0 unspecified atom stereocenters. The molecule has 3 rings (SSSR count). The molecule has 0 spiro atoms. The van der Waals surface area contributed by atoms with Crippen molar-refractivity contribution in [2.45, 2.75) is 6.92 Å². The molecule has 32 heavy (non-hydrogen) atoms. The van der Waals surface area contributed by atoms with Crippen LogP contribution in [0.5, 0.6) is 0 Å². The Hall–Kier alpha value is -4.25. The van der Waals surface area contributed by atoms with E-state index in [9.17, 15) is 4.79 Å². The molecular formula is C24H27N7O. The van der Waals surface area contributed by atoms with Crippen LogP contribution < -0.4 is 17.2 Å². The Bertz CT molecular complexity index is 1100. The van der Waals surface area contributed by atoms with Crippen molar-refractivity contribution < 1.29 is 4.79 Å². The average Bonchev–Trinajstić information content (AvgIpc) is 2.79. The molecule has 0 saturated carbocycles. The first-order valence-corrected chi connectivity index (χ1v) is 10.2. The zero-order valence-electron chi connectivity index (χ0n) is 18.1. The van der Waals surface area contributed by atoms with Crippen molar-refractivity contribution in [3.05, 3.63) is 83.5 Å². The zero-order chi connectivity index (χ0) is 23.1. The number of aliphatic imine (C=N–C) groups is 1. The maximum Gasteiger partial charge on any atom is 0.253 e. The first kappa shape index (κ1) is 22.4. The standard InChI is InChI=1S/C24H27N7O/c1-17(25)21(10-8-19-9-11-22(27)28-16-19)23(29-18(2)26)30-12-14-31(15-13-30)24(32)20-6-4-3-5-7-20/h3-7,9,11,16H,2,12-15,25-26H2,1H3,(H2,27,28)/b21-17-,29-23+. The summed E-state index contributed by atoms with van der Waals surface area (Å²) in [5.74, 6) is 7.26. The van der Waals surface area contributed by atoms with Gasteiger partial charge in [-0.05, 0) is 31.2 Å². The summed E-state index contributed by atoms with van der Waals surface area (Å²) in [6.45, 7) is 7.66. The molecule has 1 aliphatic heterocycles. The van der Waals surface area contributed by atoms with Gasteiger partial charge in [-0.25, -0.2) is 9.98 Å². The first-order chi connectivity index (χ1) is 15.3. The molecule has 0 bridgehead atoms. The highest BCUT2D eigenvalue weighted by atomic mass is 16.2. The lowest BCUT2D eigenvalue weighted by Crippen LogP contribution is -2.51. The van der Waals surface area contributed by atoms with Gasteiger partial charge >= 0.3 is 0 Å². The second-order valence-corrected chi connectivity index (χ2v) is 7.35. The lowest BCUT2D eigenvalue weighted by Gasteiger charge is -2.36. The fraction of sp³-hybridized carbons (Fsp3) is 0.208. The average molecular weight is 430 g/mol. The molecule has 1 aliphatic rings. The second kappa shape index (κ2) is 10.2. The Labute approximate surface area is 188 Å². The van der Waals surface area contributed by atoms with Gasteiger partial charge in [0.05, 0.1) is 5.57 Å². The molecule has 1 aromatic carbocycles. The molecular weight excluding hydrogens is 402 g/mol. The van der Waals surface area contributed by atoms with Crippen LogP contribution in [0.3, 0.4) is 0 Å². The number of carbonyl (C=O) groups is 1. The number of piperazine rings is 1. The zero-order valence-corrected chi connectivity index (χ0v) is 18.1. The second-order valence-electron chi connectivity index (χ2n) is 7.35. The highest BCUT2D eigenvalue weighted by Crippen LogP contribution is 2.14. The van der Waals surface area contributed by atoms with Gasteiger partial charge in [0.1, 0.15) is 17.5 Å². The number of carbonyl (C=O) groups excluding carboxylic acids is 1. The summed E-state index contributed by atoms with van der Waals surface area (Å²) in [6.07, 6.45) is 1.60. The molecule has 164 valence electrons. The Morgan fingerprint density at radius 2 is 1.72 bits per heavy atom. The van der Waals surface area contributed by atoms with E-state index in [1.54, 1.807) is 25.3 Å². The van der Waals surface area contributed by atoms with Crippen LogP contribution in [0.15, 0.2) is 77.3 Å². The number of rotatable bonds is 3. The first-order valence-electron chi connectivity index (χ1n) is 10.2. The van der Waals surface area contributed by atoms with E-state index >= 15 is 0 Å². The molecule has 0 aliphatic carbocycles. The Morgan fingerprint density at radius 3 is 2.28 bits per heavy atom. The van der Waals surface area contributed by atoms with Gasteiger partial charge in [-0.2, -0.15) is 0 Å². The predicted molar refractivity (Wildman–Crippen MR) is 127 cm³/mol. The Morgan fingerprint density at radius 1 is 1.06 bits per heavy atom. The van der Waals surface area contributed by atoms with Crippen LogP contribution in [0, 0.1) is 11.8 Å². The number of aromatic nitrogens is 1. The predicted octanol–water partition coefficient (Wildman–Crippen LogP) is 1.53. The third-order valence-electron chi connectivity index (χ3n) is 4.87. The van der Waals surface area contributed by atoms with Crippen LogP contribution in [0.25, 0.3) is 0 Å². The molecule has 0 radical (unpaired) electrons. The number of nitrogens with two attached hydrogens (primary N) is 3. The van der Waals surface area contributed by atoms with Gasteiger partial charge in [0.25, 0.3) is 5.91 Å². The van der Waals surface area contributed by atoms with Crippen molar-refractivity contribution in [3.63, 3.8) is 0 Å². The fourth-order valence-electron chi connectivity index (χ4n) is 3.25. The largest absolute Gasteiger partial charge is 0.401 e. The monoisotopic (exact) mass is 429 g/mol. The van der Waals surface area contributed by atoms with E-state index in [1.807, 2.05) is 40.1 Å². The van der Waals surface area contributed by atoms with E-state index in [-0.39, 0.29) is 11.7 Å². The molecule has 0 atom stereocenters. The molecule has 8 nitrogen and oxygen atoms in total. The summed E-state index contributed by atoms with van der Waals surface area (Å²) in [5.41, 5.74) is 20.0. The molecule has 1 saturated heterocycles. The number of anilines is 1. The molecule has 1 aromatic heterocycles. The minimum absolute atomic E-state index is 0.00777. The van der Waals surface area contributed by atoms with Gasteiger partial charge in [-0.1, -0.05) is 36.6 Å². The van der Waals surface area contributed by atoms with Crippen LogP contribution >= 0.6 is 0 Å². The minimum atomic E-state index is 0.00777. The van der Waals surface area contributed by atoms with Crippen molar-refractivity contribution in [2.75, 3.05) is 31.9 Å². The maximum atomic E-state index is 12.8. The molecule has 8 heteroatoms. The number of benzene rings is 1. The Kier molecular flexibility index (Phi) is 7.13. The van der Waals surface area contributed by atoms with Crippen LogP contribution in [0.2, 0.25) is 0 Å². The topological polar surface area (TPSA) is 127 Å². The van der Waals surface area contributed by atoms with Crippen LogP contribution in [0.4, 0.5) is 5.82 Å². The molecule has 2 heterocycles. The minimum Gasteiger partial charge on any atom is -0.401 e. The summed E-state index contributed by atoms with van der Waals surface area (Å²) >= 11 is 0. The van der Waals surface area contributed by atoms with E-state index < -0.39 is 0 Å². The molecule has 1 amide bonds. The number of hydrogen-bond acceptors (Lipinski definition) is 6. The van der Waals surface area contributed by atoms with Gasteiger partial charge in [-0.3, -0.25) is 4.79 Å². The van der Waals surface area contributed by atoms with Crippen molar-refractivity contribution in [2.24, 2.45) is 16.5 Å². The number of amidine groups is 1. The van der Waals surface area contributed by atoms with Gasteiger partial charge in [0.2, 0.25) is 0 Å². The van der Waals surface area contributed by atoms with Crippen molar-refractivity contribution in [1.82, 2.24) is 14.8 Å². The highest BCUT2D eigenvalue weighted by molar-refractivity contribution is 6.03. The van der Waals surface area contributed by atoms with Crippen molar-refractivity contribution >= 4 is 17.6 Å². The van der Waals surface area contributed by atoms with E-state index in [1.165, 1.54) is 0 Å². The SMILES string of the molecule is C=C(N)/N=C(\C(C#Cc1ccc(N)nc1)=C(\C)N)N1CCN(C(=O)c2ccccc2)CC1. The lowest BCUT2D eigenvalue weighted by molar-refractivity contribution is 0.0692. The Balaban J connectivity index is 1.81. The number of allylic oxidation sites excluding steroid dienone is 1. The number of amides is 1. The van der Waals surface area contributed by atoms with E-state index in [4.69, 9.17) is 17.2 Å². The van der Waals surface area contributed by atoms with E-state index in [0.717, 1.165) is 0 Å². The van der Waals surface area contributed by atoms with Crippen LogP contribution in [0.1, 0.15) is 22.8 Å². The summed E-state index contributed by atoms with van der Waals surface area (Å²) < 4.78 is 0. The number of nitrogen functional groups attached to an aromatic ring is 1. The fourth-order valence-corrected chi connectivity index (χ4v) is 3.25. The van der Waals surface area contributed by atoms with Crippen molar-refractivity contribution in [3.8, 4) is 11.8 Å². The summed E-state index contributed by atoms with van der Waals surface area (Å²) in [7, 11) is 0. The lowest BCUT2D eigenvalue weighted by atomic mass is 10.1. The van der Waals surface area contributed by atoms with Gasteiger partial charge in [0, 0.05) is 49.2 Å². The quantitative estimate of drug-likeness (QED) is 0.386. The van der Waals surface area contributed by atoms with Gasteiger partial charge in [0.15, 0.2) is 0 Å².